The van der Waals surface area contributed by atoms with Crippen LogP contribution in [0.3, 0.4) is 0 Å². The van der Waals surface area contributed by atoms with Crippen LogP contribution < -0.4 is 9.64 Å². The van der Waals surface area contributed by atoms with Crippen LogP contribution in [-0.2, 0) is 6.54 Å². The number of benzene rings is 2. The highest BCUT2D eigenvalue weighted by atomic mass is 19.1. The smallest absolute Gasteiger partial charge is 0.257 e. The number of nitrogens with zero attached hydrogens (tertiary/aromatic N) is 6. The van der Waals surface area contributed by atoms with E-state index in [1.54, 1.807) is 23.5 Å². The summed E-state index contributed by atoms with van der Waals surface area (Å²) in [5, 5.41) is 0. The van der Waals surface area contributed by atoms with Gasteiger partial charge in [-0.1, -0.05) is 42.5 Å². The summed E-state index contributed by atoms with van der Waals surface area (Å²) in [6, 6.07) is 18.9. The van der Waals surface area contributed by atoms with Crippen LogP contribution in [0.15, 0.2) is 91.6 Å². The van der Waals surface area contributed by atoms with Gasteiger partial charge in [-0.3, -0.25) is 19.6 Å². The van der Waals surface area contributed by atoms with Gasteiger partial charge < -0.3 is 19.4 Å². The quantitative estimate of drug-likeness (QED) is 0.312. The fourth-order valence-corrected chi connectivity index (χ4v) is 6.28. The van der Waals surface area contributed by atoms with Gasteiger partial charge in [0.15, 0.2) is 5.82 Å². The summed E-state index contributed by atoms with van der Waals surface area (Å²) in [7, 11) is 0. The van der Waals surface area contributed by atoms with Crippen molar-refractivity contribution < 1.29 is 18.7 Å². The van der Waals surface area contributed by atoms with E-state index < -0.39 is 5.82 Å². The molecule has 4 aromatic rings. The monoisotopic (exact) mass is 608 g/mol. The molecule has 0 aliphatic carbocycles. The van der Waals surface area contributed by atoms with Gasteiger partial charge in [-0.25, -0.2) is 9.37 Å². The molecule has 0 unspecified atom stereocenters. The van der Waals surface area contributed by atoms with E-state index in [0.717, 1.165) is 37.0 Å². The summed E-state index contributed by atoms with van der Waals surface area (Å²) in [5.41, 5.74) is 1.38. The molecular weight excluding hydrogens is 571 g/mol. The molecular formula is C35H37FN6O3. The largest absolute Gasteiger partial charge is 0.492 e. The molecule has 2 aromatic heterocycles. The first kappa shape index (κ1) is 30.2. The Morgan fingerprint density at radius 2 is 1.62 bits per heavy atom. The lowest BCUT2D eigenvalue weighted by Gasteiger charge is -2.42. The fraction of sp³-hybridized carbons (Fsp3) is 0.343. The zero-order valence-corrected chi connectivity index (χ0v) is 25.2. The Hall–Kier alpha value is -4.86. The summed E-state index contributed by atoms with van der Waals surface area (Å²) in [6.07, 6.45) is 10.7. The number of hydrogen-bond donors (Lipinski definition) is 0. The molecule has 1 fully saturated rings. The first-order valence-corrected chi connectivity index (χ1v) is 15.5. The van der Waals surface area contributed by atoms with Gasteiger partial charge in [0.2, 0.25) is 0 Å². The van der Waals surface area contributed by atoms with Crippen LogP contribution in [-0.4, -0.2) is 75.9 Å². The zero-order chi connectivity index (χ0) is 31.1. The second-order valence-electron chi connectivity index (χ2n) is 11.8. The highest BCUT2D eigenvalue weighted by Gasteiger charge is 2.38. The Morgan fingerprint density at radius 1 is 0.844 bits per heavy atom. The van der Waals surface area contributed by atoms with Crippen LogP contribution in [0.25, 0.3) is 0 Å². The average Bonchev–Trinajstić information content (AvgIpc) is 3.09. The van der Waals surface area contributed by atoms with Crippen LogP contribution in [0.1, 0.15) is 52.0 Å². The third-order valence-corrected chi connectivity index (χ3v) is 8.92. The molecule has 6 rings (SSSR count). The van der Waals surface area contributed by atoms with Crippen molar-refractivity contribution in [3.05, 3.63) is 114 Å². The summed E-state index contributed by atoms with van der Waals surface area (Å²) >= 11 is 0. The number of piperidine rings is 1. The van der Waals surface area contributed by atoms with Crippen molar-refractivity contribution in [2.45, 2.75) is 32.2 Å². The van der Waals surface area contributed by atoms with Gasteiger partial charge in [-0.15, -0.1) is 0 Å². The Labute approximate surface area is 262 Å². The van der Waals surface area contributed by atoms with E-state index >= 15 is 0 Å². The van der Waals surface area contributed by atoms with Crippen molar-refractivity contribution >= 4 is 17.6 Å². The number of fused-ring (bicyclic) bond motifs is 1. The molecule has 232 valence electrons. The van der Waals surface area contributed by atoms with Crippen LogP contribution in [0.2, 0.25) is 0 Å². The maximum Gasteiger partial charge on any atom is 0.257 e. The number of pyridine rings is 1. The normalized spacial score (nSPS) is 17.4. The Kier molecular flexibility index (Phi) is 9.28. The third-order valence-electron chi connectivity index (χ3n) is 8.92. The Balaban J connectivity index is 1.27. The maximum atomic E-state index is 14.4. The number of likely N-dealkylation sites (tertiary alicyclic amines) is 1. The first-order valence-electron chi connectivity index (χ1n) is 15.5. The number of para-hydroxylation sites is 1. The zero-order valence-electron chi connectivity index (χ0n) is 25.2. The average molecular weight is 609 g/mol. The van der Waals surface area contributed by atoms with Gasteiger partial charge >= 0.3 is 0 Å². The summed E-state index contributed by atoms with van der Waals surface area (Å²) in [4.78, 5) is 45.8. The number of aromatic nitrogens is 3. The van der Waals surface area contributed by atoms with Crippen molar-refractivity contribution in [3.63, 3.8) is 0 Å². The number of amides is 2. The van der Waals surface area contributed by atoms with E-state index in [4.69, 9.17) is 4.74 Å². The van der Waals surface area contributed by atoms with Gasteiger partial charge in [-0.05, 0) is 49.4 Å². The van der Waals surface area contributed by atoms with Gasteiger partial charge in [0.05, 0.1) is 30.1 Å². The predicted molar refractivity (Wildman–Crippen MR) is 168 cm³/mol. The number of ether oxygens (including phenoxy) is 1. The van der Waals surface area contributed by atoms with Crippen molar-refractivity contribution in [2.75, 3.05) is 44.2 Å². The number of carbonyl (C=O) groups excluding carboxylic acids is 2. The third kappa shape index (κ3) is 7.11. The van der Waals surface area contributed by atoms with E-state index in [0.29, 0.717) is 63.5 Å². The van der Waals surface area contributed by atoms with E-state index in [-0.39, 0.29) is 22.8 Å². The first-order chi connectivity index (χ1) is 22.0. The molecule has 0 radical (unpaired) electrons. The molecule has 9 nitrogen and oxygen atoms in total. The molecule has 45 heavy (non-hydrogen) atoms. The van der Waals surface area contributed by atoms with Gasteiger partial charge in [0.25, 0.3) is 11.8 Å². The molecule has 4 heterocycles. The molecule has 1 saturated heterocycles. The highest BCUT2D eigenvalue weighted by Crippen LogP contribution is 2.38. The van der Waals surface area contributed by atoms with Gasteiger partial charge in [-0.2, -0.15) is 0 Å². The van der Waals surface area contributed by atoms with Crippen LogP contribution in [0.4, 0.5) is 10.2 Å². The highest BCUT2D eigenvalue weighted by molar-refractivity contribution is 5.97. The Morgan fingerprint density at radius 3 is 2.40 bits per heavy atom. The summed E-state index contributed by atoms with van der Waals surface area (Å²) in [5.74, 6) is 0.299. The van der Waals surface area contributed by atoms with Crippen molar-refractivity contribution in [1.82, 2.24) is 24.8 Å². The fourth-order valence-electron chi connectivity index (χ4n) is 6.28. The standard InChI is InChI=1S/C35H37FN6O3/c36-30-23-37-15-11-28(30)33(43)41-19-13-35(14-20-41)12-6-18-40(32-24-38-16-17-39-32)21-22-42(25-27-7-2-1-3-8-27)34(44)29-9-4-5-10-31(29)45-26-35/h1-5,7-11,15-17,23-24H,6,12-14,18-22,25-26H2. The predicted octanol–water partition coefficient (Wildman–Crippen LogP) is 5.25. The SMILES string of the molecule is O=C(c1ccncc1F)N1CCC2(CCCN(c3cnccn3)CCN(Cc3ccccc3)C(=O)c3ccccc3OC2)CC1. The van der Waals surface area contributed by atoms with Crippen LogP contribution in [0, 0.1) is 11.2 Å². The van der Waals surface area contributed by atoms with Gasteiger partial charge in [0, 0.05) is 63.3 Å². The number of carbonyl (C=O) groups is 2. The van der Waals surface area contributed by atoms with Crippen molar-refractivity contribution in [1.29, 1.82) is 0 Å². The maximum absolute atomic E-state index is 14.4. The molecule has 2 aliphatic heterocycles. The minimum Gasteiger partial charge on any atom is -0.492 e. The molecule has 1 spiro atoms. The Bertz CT molecular complexity index is 1600. The van der Waals surface area contributed by atoms with E-state index in [1.807, 2.05) is 59.5 Å². The molecule has 0 bridgehead atoms. The lowest BCUT2D eigenvalue weighted by molar-refractivity contribution is 0.0361. The number of rotatable bonds is 4. The molecule has 0 atom stereocenters. The topological polar surface area (TPSA) is 91.8 Å². The second-order valence-corrected chi connectivity index (χ2v) is 11.8. The second kappa shape index (κ2) is 13.8. The number of hydrogen-bond acceptors (Lipinski definition) is 7. The number of anilines is 1. The molecule has 2 aromatic carbocycles. The molecule has 0 N–H and O–H groups in total. The molecule has 2 amide bonds. The van der Waals surface area contributed by atoms with E-state index in [1.165, 1.54) is 12.3 Å². The van der Waals surface area contributed by atoms with Crippen LogP contribution in [0.5, 0.6) is 5.75 Å². The molecule has 0 saturated carbocycles. The van der Waals surface area contributed by atoms with Crippen molar-refractivity contribution in [3.8, 4) is 5.75 Å². The summed E-state index contributed by atoms with van der Waals surface area (Å²) in [6.45, 7) is 3.67. The summed E-state index contributed by atoms with van der Waals surface area (Å²) < 4.78 is 20.9. The lowest BCUT2D eigenvalue weighted by atomic mass is 9.75. The van der Waals surface area contributed by atoms with E-state index in [2.05, 4.69) is 19.9 Å². The van der Waals surface area contributed by atoms with Gasteiger partial charge in [0.1, 0.15) is 11.6 Å². The van der Waals surface area contributed by atoms with Crippen molar-refractivity contribution in [2.24, 2.45) is 5.41 Å². The minimum atomic E-state index is -0.611. The van der Waals surface area contributed by atoms with E-state index in [9.17, 15) is 14.0 Å². The minimum absolute atomic E-state index is 0.0410. The van der Waals surface area contributed by atoms with Crippen LogP contribution >= 0.6 is 0 Å². The lowest BCUT2D eigenvalue weighted by Crippen LogP contribution is -2.46. The molecule has 2 aliphatic rings. The number of halogens is 1. The molecule has 10 heteroatoms.